The topological polar surface area (TPSA) is 44.5 Å². The Balaban J connectivity index is 2.01. The van der Waals surface area contributed by atoms with Crippen LogP contribution in [0.15, 0.2) is 36.5 Å². The van der Waals surface area contributed by atoms with Gasteiger partial charge >= 0.3 is 0 Å². The molecule has 0 atom stereocenters. The summed E-state index contributed by atoms with van der Waals surface area (Å²) in [6.45, 7) is 2.13. The summed E-state index contributed by atoms with van der Waals surface area (Å²) in [4.78, 5) is 3.18. The highest BCUT2D eigenvalue weighted by molar-refractivity contribution is 5.92. The summed E-state index contributed by atoms with van der Waals surface area (Å²) in [6.07, 6.45) is 3.94. The zero-order valence-corrected chi connectivity index (χ0v) is 10.8. The highest BCUT2D eigenvalue weighted by Crippen LogP contribution is 2.25. The summed E-state index contributed by atoms with van der Waals surface area (Å²) in [7, 11) is 0. The molecule has 0 fully saturated rings. The van der Waals surface area contributed by atoms with Crippen LogP contribution in [0.2, 0.25) is 0 Å². The molecule has 0 unspecified atom stereocenters. The molecule has 0 spiro atoms. The van der Waals surface area contributed by atoms with Gasteiger partial charge in [-0.2, -0.15) is 5.10 Å². The number of fused-ring (bicyclic) bond motifs is 1. The van der Waals surface area contributed by atoms with E-state index < -0.39 is 0 Å². The number of rotatable bonds is 2. The van der Waals surface area contributed by atoms with E-state index in [2.05, 4.69) is 46.1 Å². The fourth-order valence-electron chi connectivity index (χ4n) is 2.07. The highest BCUT2D eigenvalue weighted by Gasteiger charge is 2.08. The van der Waals surface area contributed by atoms with Gasteiger partial charge in [0.1, 0.15) is 5.69 Å². The Labute approximate surface area is 112 Å². The fourth-order valence-corrected chi connectivity index (χ4v) is 2.07. The monoisotopic (exact) mass is 249 g/mol. The van der Waals surface area contributed by atoms with Crippen molar-refractivity contribution in [3.63, 3.8) is 0 Å². The minimum atomic E-state index is 0.939. The molecule has 0 aliphatic rings. The molecule has 1 aromatic carbocycles. The first-order valence-corrected chi connectivity index (χ1v) is 6.49. The van der Waals surface area contributed by atoms with Gasteiger partial charge in [0.05, 0.1) is 11.2 Å². The van der Waals surface area contributed by atoms with Crippen molar-refractivity contribution in [2.45, 2.75) is 19.8 Å². The summed E-state index contributed by atoms with van der Waals surface area (Å²) >= 11 is 0. The Morgan fingerprint density at radius 3 is 3.00 bits per heavy atom. The molecule has 0 aliphatic carbocycles. The van der Waals surface area contributed by atoms with Crippen LogP contribution in [0.3, 0.4) is 0 Å². The lowest BCUT2D eigenvalue weighted by Crippen LogP contribution is -1.78. The van der Waals surface area contributed by atoms with Crippen LogP contribution in [0.5, 0.6) is 0 Å². The van der Waals surface area contributed by atoms with Gasteiger partial charge in [0.15, 0.2) is 0 Å². The van der Waals surface area contributed by atoms with Crippen molar-refractivity contribution in [2.75, 3.05) is 0 Å². The number of aromatic amines is 2. The number of aromatic nitrogens is 3. The molecule has 0 amide bonds. The maximum absolute atomic E-state index is 4.37. The summed E-state index contributed by atoms with van der Waals surface area (Å²) in [6, 6.07) is 10.2. The number of nitrogens with one attached hydrogen (secondary N) is 2. The zero-order chi connectivity index (χ0) is 13.1. The second-order valence-electron chi connectivity index (χ2n) is 4.47. The first-order chi connectivity index (χ1) is 9.38. The Morgan fingerprint density at radius 2 is 2.21 bits per heavy atom. The SMILES string of the molecule is CCCC#Cc1ccc2c(-c3ccc[nH]3)n[nH]c2c1. The van der Waals surface area contributed by atoms with Gasteiger partial charge in [-0.15, -0.1) is 0 Å². The van der Waals surface area contributed by atoms with Gasteiger partial charge in [-0.25, -0.2) is 0 Å². The summed E-state index contributed by atoms with van der Waals surface area (Å²) in [5, 5.41) is 8.55. The van der Waals surface area contributed by atoms with Crippen molar-refractivity contribution in [3.8, 4) is 23.2 Å². The number of hydrogen-bond donors (Lipinski definition) is 2. The van der Waals surface area contributed by atoms with Gasteiger partial charge < -0.3 is 4.98 Å². The minimum Gasteiger partial charge on any atom is -0.360 e. The highest BCUT2D eigenvalue weighted by atomic mass is 15.1. The average Bonchev–Trinajstić information content (AvgIpc) is 3.07. The van der Waals surface area contributed by atoms with Crippen LogP contribution in [0.1, 0.15) is 25.3 Å². The van der Waals surface area contributed by atoms with Crippen LogP contribution in [-0.4, -0.2) is 15.2 Å². The number of hydrogen-bond acceptors (Lipinski definition) is 1. The molecule has 19 heavy (non-hydrogen) atoms. The Morgan fingerprint density at radius 1 is 1.26 bits per heavy atom. The second-order valence-corrected chi connectivity index (χ2v) is 4.47. The van der Waals surface area contributed by atoms with Gasteiger partial charge in [-0.1, -0.05) is 18.8 Å². The molecule has 0 aliphatic heterocycles. The third-order valence-corrected chi connectivity index (χ3v) is 3.02. The van der Waals surface area contributed by atoms with E-state index in [-0.39, 0.29) is 0 Å². The van der Waals surface area contributed by atoms with Crippen molar-refractivity contribution in [3.05, 3.63) is 42.1 Å². The molecule has 3 aromatic rings. The summed E-state index contributed by atoms with van der Waals surface area (Å²) in [5.41, 5.74) is 4.03. The molecule has 0 radical (unpaired) electrons. The molecular weight excluding hydrogens is 234 g/mol. The van der Waals surface area contributed by atoms with Crippen molar-refractivity contribution in [2.24, 2.45) is 0 Å². The van der Waals surface area contributed by atoms with E-state index >= 15 is 0 Å². The lowest BCUT2D eigenvalue weighted by Gasteiger charge is -1.94. The van der Waals surface area contributed by atoms with Crippen LogP contribution in [-0.2, 0) is 0 Å². The van der Waals surface area contributed by atoms with E-state index in [0.29, 0.717) is 0 Å². The predicted octanol–water partition coefficient (Wildman–Crippen LogP) is 3.71. The first-order valence-electron chi connectivity index (χ1n) is 6.49. The molecule has 2 aromatic heterocycles. The Kier molecular flexibility index (Phi) is 3.07. The van der Waals surface area contributed by atoms with Crippen LogP contribution in [0.4, 0.5) is 0 Å². The van der Waals surface area contributed by atoms with E-state index in [4.69, 9.17) is 0 Å². The van der Waals surface area contributed by atoms with Gasteiger partial charge in [0.25, 0.3) is 0 Å². The molecule has 3 heteroatoms. The van der Waals surface area contributed by atoms with Gasteiger partial charge in [0.2, 0.25) is 0 Å². The molecule has 0 saturated carbocycles. The molecule has 3 rings (SSSR count). The number of nitrogens with zero attached hydrogens (tertiary/aromatic N) is 1. The lowest BCUT2D eigenvalue weighted by atomic mass is 10.1. The molecule has 0 saturated heterocycles. The molecule has 3 nitrogen and oxygen atoms in total. The van der Waals surface area contributed by atoms with E-state index in [9.17, 15) is 0 Å². The predicted molar refractivity (Wildman–Crippen MR) is 77.7 cm³/mol. The average molecular weight is 249 g/mol. The molecule has 2 heterocycles. The maximum Gasteiger partial charge on any atom is 0.116 e. The van der Waals surface area contributed by atoms with Crippen LogP contribution in [0.25, 0.3) is 22.3 Å². The van der Waals surface area contributed by atoms with Crippen LogP contribution in [0, 0.1) is 11.8 Å². The number of benzene rings is 1. The third kappa shape index (κ3) is 2.25. The van der Waals surface area contributed by atoms with Crippen molar-refractivity contribution in [1.82, 2.24) is 15.2 Å². The largest absolute Gasteiger partial charge is 0.360 e. The number of H-pyrrole nitrogens is 2. The third-order valence-electron chi connectivity index (χ3n) is 3.02. The van der Waals surface area contributed by atoms with Gasteiger partial charge in [0, 0.05) is 23.6 Å². The van der Waals surface area contributed by atoms with Crippen LogP contribution < -0.4 is 0 Å². The second kappa shape index (κ2) is 5.03. The van der Waals surface area contributed by atoms with Gasteiger partial charge in [-0.3, -0.25) is 5.10 Å². The minimum absolute atomic E-state index is 0.939. The smallest absolute Gasteiger partial charge is 0.116 e. The summed E-state index contributed by atoms with van der Waals surface area (Å²) < 4.78 is 0. The number of unbranched alkanes of at least 4 members (excludes halogenated alkanes) is 1. The normalized spacial score (nSPS) is 10.4. The van der Waals surface area contributed by atoms with E-state index in [1.165, 1.54) is 0 Å². The van der Waals surface area contributed by atoms with Crippen molar-refractivity contribution >= 4 is 10.9 Å². The van der Waals surface area contributed by atoms with Crippen molar-refractivity contribution < 1.29 is 0 Å². The molecule has 2 N–H and O–H groups in total. The molecular formula is C16H15N3. The zero-order valence-electron chi connectivity index (χ0n) is 10.8. The van der Waals surface area contributed by atoms with Crippen LogP contribution >= 0.6 is 0 Å². The maximum atomic E-state index is 4.37. The summed E-state index contributed by atoms with van der Waals surface area (Å²) in [5.74, 6) is 6.34. The van der Waals surface area contributed by atoms with E-state index in [1.807, 2.05) is 24.4 Å². The molecule has 0 bridgehead atoms. The van der Waals surface area contributed by atoms with Gasteiger partial charge in [-0.05, 0) is 36.8 Å². The Bertz CT molecular complexity index is 739. The van der Waals surface area contributed by atoms with Crippen molar-refractivity contribution in [1.29, 1.82) is 0 Å². The van der Waals surface area contributed by atoms with E-state index in [1.54, 1.807) is 0 Å². The molecule has 94 valence electrons. The standard InChI is InChI=1S/C16H15N3/c1-2-3-4-6-12-8-9-13-15(11-12)18-19-16(13)14-7-5-10-17-14/h5,7-11,17H,2-3H2,1H3,(H,18,19). The quantitative estimate of drug-likeness (QED) is 0.668. The van der Waals surface area contributed by atoms with E-state index in [0.717, 1.165) is 40.7 Å². The first kappa shape index (κ1) is 11.6. The fraction of sp³-hybridized carbons (Fsp3) is 0.188. The lowest BCUT2D eigenvalue weighted by molar-refractivity contribution is 0.983. The Hall–Kier alpha value is -2.47.